The zero-order valence-electron chi connectivity index (χ0n) is 18.2. The molecule has 0 unspecified atom stereocenters. The Morgan fingerprint density at radius 3 is 2.64 bits per heavy atom. The van der Waals surface area contributed by atoms with Gasteiger partial charge in [0.2, 0.25) is 0 Å². The average Bonchev–Trinajstić information content (AvgIpc) is 3.52. The summed E-state index contributed by atoms with van der Waals surface area (Å²) < 4.78 is 13.5. The average molecular weight is 438 g/mol. The number of rotatable bonds is 4. The highest BCUT2D eigenvalue weighted by molar-refractivity contribution is 5.88. The summed E-state index contributed by atoms with van der Waals surface area (Å²) in [6.07, 6.45) is 5.42. The van der Waals surface area contributed by atoms with Crippen LogP contribution in [-0.2, 0) is 4.74 Å². The number of aromatic nitrogens is 5. The molecule has 0 aliphatic carbocycles. The summed E-state index contributed by atoms with van der Waals surface area (Å²) in [7, 11) is 0. The Bertz CT molecular complexity index is 1420. The molecular formula is C25H22N6O2. The molecule has 1 aliphatic rings. The highest BCUT2D eigenvalue weighted by Crippen LogP contribution is 2.33. The van der Waals surface area contributed by atoms with Gasteiger partial charge in [-0.3, -0.25) is 4.98 Å². The second kappa shape index (κ2) is 8.14. The monoisotopic (exact) mass is 438 g/mol. The van der Waals surface area contributed by atoms with Gasteiger partial charge in [0.1, 0.15) is 11.3 Å². The predicted molar refractivity (Wildman–Crippen MR) is 125 cm³/mol. The molecule has 0 saturated carbocycles. The highest BCUT2D eigenvalue weighted by Gasteiger charge is 2.22. The van der Waals surface area contributed by atoms with Gasteiger partial charge in [-0.15, -0.1) is 0 Å². The molecule has 0 N–H and O–H groups in total. The van der Waals surface area contributed by atoms with E-state index in [1.807, 2.05) is 36.5 Å². The molecule has 1 fully saturated rings. The van der Waals surface area contributed by atoms with E-state index in [0.29, 0.717) is 30.5 Å². The van der Waals surface area contributed by atoms with E-state index in [2.05, 4.69) is 35.0 Å². The molecule has 164 valence electrons. The number of fused-ring (bicyclic) bond motifs is 1. The fraction of sp³-hybridized carbons (Fsp3) is 0.200. The molecular weight excluding hydrogens is 416 g/mol. The molecule has 1 aromatic carbocycles. The molecule has 8 heteroatoms. The fourth-order valence-corrected chi connectivity index (χ4v) is 4.04. The maximum atomic E-state index is 6.24. The maximum Gasteiger partial charge on any atom is 0.253 e. The summed E-state index contributed by atoms with van der Waals surface area (Å²) in [6, 6.07) is 16.1. The second-order valence-corrected chi connectivity index (χ2v) is 8.03. The van der Waals surface area contributed by atoms with E-state index in [1.165, 1.54) is 5.56 Å². The Labute approximate surface area is 190 Å². The van der Waals surface area contributed by atoms with Crippen LogP contribution in [0.3, 0.4) is 0 Å². The summed E-state index contributed by atoms with van der Waals surface area (Å²) >= 11 is 0. The zero-order chi connectivity index (χ0) is 22.2. The minimum atomic E-state index is 0.501. The SMILES string of the molecule is Cc1cccc(-c2ccn(-c3nc(N4CCOCC4)c4oc(-c5cccnc5)cc4n3)n2)c1. The van der Waals surface area contributed by atoms with Crippen LogP contribution in [0.4, 0.5) is 5.82 Å². The molecule has 0 atom stereocenters. The van der Waals surface area contributed by atoms with E-state index < -0.39 is 0 Å². The molecule has 0 radical (unpaired) electrons. The molecule has 0 bridgehead atoms. The minimum Gasteiger partial charge on any atom is -0.450 e. The first-order valence-electron chi connectivity index (χ1n) is 10.9. The molecule has 5 aromatic rings. The number of furan rings is 1. The van der Waals surface area contributed by atoms with Crippen molar-refractivity contribution in [2.24, 2.45) is 0 Å². The van der Waals surface area contributed by atoms with Gasteiger partial charge in [0.05, 0.1) is 18.9 Å². The standard InChI is InChI=1S/C25H22N6O2/c1-17-4-2-5-18(14-17)20-7-9-31(29-20)25-27-21-15-22(19-6-3-8-26-16-19)33-23(21)24(28-25)30-10-12-32-13-11-30/h2-9,14-16H,10-13H2,1H3. The molecule has 0 amide bonds. The predicted octanol–water partition coefficient (Wildman–Crippen LogP) is 4.28. The normalized spacial score (nSPS) is 14.2. The van der Waals surface area contributed by atoms with Crippen LogP contribution in [0.5, 0.6) is 0 Å². The third kappa shape index (κ3) is 3.74. The van der Waals surface area contributed by atoms with Gasteiger partial charge in [-0.25, -0.2) is 9.67 Å². The van der Waals surface area contributed by atoms with Gasteiger partial charge >= 0.3 is 0 Å². The van der Waals surface area contributed by atoms with Crippen molar-refractivity contribution in [2.75, 3.05) is 31.2 Å². The Balaban J connectivity index is 1.47. The number of pyridine rings is 1. The van der Waals surface area contributed by atoms with Crippen LogP contribution in [0.2, 0.25) is 0 Å². The van der Waals surface area contributed by atoms with Crippen molar-refractivity contribution in [3.05, 3.63) is 72.7 Å². The van der Waals surface area contributed by atoms with Crippen molar-refractivity contribution in [3.8, 4) is 28.5 Å². The Morgan fingerprint density at radius 1 is 0.939 bits per heavy atom. The second-order valence-electron chi connectivity index (χ2n) is 8.03. The van der Waals surface area contributed by atoms with Crippen molar-refractivity contribution in [3.63, 3.8) is 0 Å². The summed E-state index contributed by atoms with van der Waals surface area (Å²) in [6.45, 7) is 4.85. The highest BCUT2D eigenvalue weighted by atomic mass is 16.5. The lowest BCUT2D eigenvalue weighted by Gasteiger charge is -2.27. The number of hydrogen-bond donors (Lipinski definition) is 0. The molecule has 33 heavy (non-hydrogen) atoms. The Morgan fingerprint density at radius 2 is 1.82 bits per heavy atom. The van der Waals surface area contributed by atoms with E-state index >= 15 is 0 Å². The lowest BCUT2D eigenvalue weighted by molar-refractivity contribution is 0.122. The first kappa shape index (κ1) is 19.6. The van der Waals surface area contributed by atoms with Crippen LogP contribution in [0, 0.1) is 6.92 Å². The van der Waals surface area contributed by atoms with Crippen LogP contribution in [0.15, 0.2) is 71.5 Å². The first-order chi connectivity index (χ1) is 16.2. The third-order valence-corrected chi connectivity index (χ3v) is 5.71. The zero-order valence-corrected chi connectivity index (χ0v) is 18.2. The van der Waals surface area contributed by atoms with Crippen molar-refractivity contribution >= 4 is 16.9 Å². The molecule has 4 aromatic heterocycles. The molecule has 8 nitrogen and oxygen atoms in total. The summed E-state index contributed by atoms with van der Waals surface area (Å²) in [5.74, 6) is 1.96. The summed E-state index contributed by atoms with van der Waals surface area (Å²) in [5, 5.41) is 4.76. The van der Waals surface area contributed by atoms with Crippen molar-refractivity contribution in [1.82, 2.24) is 24.7 Å². The largest absolute Gasteiger partial charge is 0.450 e. The Hall–Kier alpha value is -4.04. The minimum absolute atomic E-state index is 0.501. The van der Waals surface area contributed by atoms with Gasteiger partial charge in [0.25, 0.3) is 5.95 Å². The number of morpholine rings is 1. The van der Waals surface area contributed by atoms with Gasteiger partial charge in [0.15, 0.2) is 11.4 Å². The van der Waals surface area contributed by atoms with Crippen LogP contribution in [0.25, 0.3) is 39.6 Å². The van der Waals surface area contributed by atoms with Crippen LogP contribution in [-0.4, -0.2) is 51.0 Å². The van der Waals surface area contributed by atoms with E-state index in [9.17, 15) is 0 Å². The number of anilines is 1. The van der Waals surface area contributed by atoms with Gasteiger partial charge in [-0.05, 0) is 31.2 Å². The quantitative estimate of drug-likeness (QED) is 0.414. The maximum absolute atomic E-state index is 6.24. The molecule has 1 saturated heterocycles. The molecule has 5 heterocycles. The Kier molecular flexibility index (Phi) is 4.84. The number of benzene rings is 1. The van der Waals surface area contributed by atoms with Crippen LogP contribution < -0.4 is 4.90 Å². The number of nitrogens with zero attached hydrogens (tertiary/aromatic N) is 6. The third-order valence-electron chi connectivity index (χ3n) is 5.71. The number of hydrogen-bond acceptors (Lipinski definition) is 7. The molecule has 0 spiro atoms. The summed E-state index contributed by atoms with van der Waals surface area (Å²) in [4.78, 5) is 16.1. The van der Waals surface area contributed by atoms with Gasteiger partial charge in [-0.1, -0.05) is 23.8 Å². The van der Waals surface area contributed by atoms with E-state index in [1.54, 1.807) is 17.1 Å². The van der Waals surface area contributed by atoms with Crippen LogP contribution >= 0.6 is 0 Å². The van der Waals surface area contributed by atoms with Crippen molar-refractivity contribution < 1.29 is 9.15 Å². The fourth-order valence-electron chi connectivity index (χ4n) is 4.04. The van der Waals surface area contributed by atoms with Crippen LogP contribution in [0.1, 0.15) is 5.56 Å². The molecule has 1 aliphatic heterocycles. The first-order valence-corrected chi connectivity index (χ1v) is 10.9. The smallest absolute Gasteiger partial charge is 0.253 e. The van der Waals surface area contributed by atoms with E-state index in [0.717, 1.165) is 41.2 Å². The summed E-state index contributed by atoms with van der Waals surface area (Å²) in [5.41, 5.74) is 5.41. The number of aryl methyl sites for hydroxylation is 1. The topological polar surface area (TPSA) is 82.1 Å². The van der Waals surface area contributed by atoms with Gasteiger partial charge in [0, 0.05) is 48.9 Å². The van der Waals surface area contributed by atoms with Gasteiger partial charge in [-0.2, -0.15) is 10.1 Å². The lowest BCUT2D eigenvalue weighted by Crippen LogP contribution is -2.37. The molecule has 6 rings (SSSR count). The van der Waals surface area contributed by atoms with E-state index in [-0.39, 0.29) is 0 Å². The van der Waals surface area contributed by atoms with Gasteiger partial charge < -0.3 is 14.1 Å². The van der Waals surface area contributed by atoms with Crippen molar-refractivity contribution in [2.45, 2.75) is 6.92 Å². The lowest BCUT2D eigenvalue weighted by atomic mass is 10.1. The number of ether oxygens (including phenoxy) is 1. The van der Waals surface area contributed by atoms with Crippen molar-refractivity contribution in [1.29, 1.82) is 0 Å². The van der Waals surface area contributed by atoms with E-state index in [4.69, 9.17) is 24.2 Å².